The molecule has 0 atom stereocenters. The molecule has 0 unspecified atom stereocenters. The quantitative estimate of drug-likeness (QED) is 0.519. The minimum Gasteiger partial charge on any atom is -0.494 e. The Bertz CT molecular complexity index is 940. The van der Waals surface area contributed by atoms with E-state index in [-0.39, 0.29) is 5.82 Å². The number of rotatable bonds is 7. The van der Waals surface area contributed by atoms with Gasteiger partial charge in [0, 0.05) is 16.5 Å². The summed E-state index contributed by atoms with van der Waals surface area (Å²) in [7, 11) is 0. The van der Waals surface area contributed by atoms with Crippen LogP contribution in [0.15, 0.2) is 42.5 Å². The highest BCUT2D eigenvalue weighted by atomic mass is 35.5. The molecule has 0 radical (unpaired) electrons. The molecule has 0 amide bonds. The van der Waals surface area contributed by atoms with Crippen LogP contribution in [0, 0.1) is 10.6 Å². The number of thioether (sulfide) groups is 1. The highest BCUT2D eigenvalue weighted by Gasteiger charge is 2.10. The Labute approximate surface area is 165 Å². The summed E-state index contributed by atoms with van der Waals surface area (Å²) in [4.78, 5) is 0. The van der Waals surface area contributed by atoms with Gasteiger partial charge in [0.1, 0.15) is 17.4 Å². The van der Waals surface area contributed by atoms with Gasteiger partial charge in [-0.15, -0.1) is 11.8 Å². The van der Waals surface area contributed by atoms with E-state index >= 15 is 0 Å². The van der Waals surface area contributed by atoms with E-state index in [2.05, 4.69) is 10.2 Å². The fraction of sp³-hybridized carbons (Fsp3) is 0.222. The molecule has 0 spiro atoms. The highest BCUT2D eigenvalue weighted by Crippen LogP contribution is 2.25. The summed E-state index contributed by atoms with van der Waals surface area (Å²) in [5.74, 6) is 2.58. The number of aromatic nitrogens is 3. The third-order valence-corrected chi connectivity index (χ3v) is 5.25. The summed E-state index contributed by atoms with van der Waals surface area (Å²) in [6.45, 7) is 2.57. The lowest BCUT2D eigenvalue weighted by molar-refractivity contribution is 0.340. The molecule has 1 N–H and O–H groups in total. The van der Waals surface area contributed by atoms with Gasteiger partial charge in [-0.05, 0) is 61.1 Å². The highest BCUT2D eigenvalue weighted by molar-refractivity contribution is 7.97. The first kappa shape index (κ1) is 18.9. The van der Waals surface area contributed by atoms with Crippen LogP contribution < -0.4 is 4.74 Å². The third-order valence-electron chi connectivity index (χ3n) is 3.65. The van der Waals surface area contributed by atoms with Crippen LogP contribution in [0.4, 0.5) is 4.39 Å². The van der Waals surface area contributed by atoms with Crippen molar-refractivity contribution < 1.29 is 9.13 Å². The molecular formula is C18H17ClFN3OS2. The monoisotopic (exact) mass is 409 g/mol. The van der Waals surface area contributed by atoms with E-state index in [1.807, 2.05) is 35.8 Å². The lowest BCUT2D eigenvalue weighted by Crippen LogP contribution is -2.01. The molecular weight excluding hydrogens is 393 g/mol. The average molecular weight is 410 g/mol. The summed E-state index contributed by atoms with van der Waals surface area (Å²) in [5, 5.41) is 7.59. The first-order valence-corrected chi connectivity index (χ1v) is 9.93. The first-order valence-electron chi connectivity index (χ1n) is 7.99. The maximum Gasteiger partial charge on any atom is 0.199 e. The van der Waals surface area contributed by atoms with Crippen molar-refractivity contribution in [3.05, 3.63) is 69.5 Å². The predicted octanol–water partition coefficient (Wildman–Crippen LogP) is 5.55. The van der Waals surface area contributed by atoms with E-state index in [9.17, 15) is 4.39 Å². The Balaban J connectivity index is 1.72. The van der Waals surface area contributed by atoms with E-state index in [1.54, 1.807) is 17.8 Å². The van der Waals surface area contributed by atoms with Gasteiger partial charge in [0.2, 0.25) is 0 Å². The minimum atomic E-state index is -0.333. The van der Waals surface area contributed by atoms with Crippen molar-refractivity contribution in [3.8, 4) is 11.4 Å². The van der Waals surface area contributed by atoms with E-state index < -0.39 is 0 Å². The van der Waals surface area contributed by atoms with Gasteiger partial charge < -0.3 is 4.74 Å². The zero-order valence-corrected chi connectivity index (χ0v) is 16.4. The van der Waals surface area contributed by atoms with Crippen molar-refractivity contribution in [2.75, 3.05) is 6.61 Å². The zero-order chi connectivity index (χ0) is 18.5. The van der Waals surface area contributed by atoms with Crippen LogP contribution in [0.3, 0.4) is 0 Å². The molecule has 8 heteroatoms. The van der Waals surface area contributed by atoms with E-state index in [1.165, 1.54) is 12.1 Å². The molecule has 0 saturated carbocycles. The smallest absolute Gasteiger partial charge is 0.199 e. The van der Waals surface area contributed by atoms with Crippen molar-refractivity contribution in [2.24, 2.45) is 0 Å². The standard InChI is InChI=1S/C18H17ClFN3OS2/c1-2-24-15-7-5-14(6-8-15)23-17(21-22-18(23)25)11-26-10-12-3-4-13(20)9-16(12)19/h3-9H,2,10-11H2,1H3,(H,22,25). The van der Waals surface area contributed by atoms with Gasteiger partial charge in [-0.1, -0.05) is 17.7 Å². The number of nitrogens with one attached hydrogen (secondary N) is 1. The zero-order valence-electron chi connectivity index (χ0n) is 14.0. The second-order valence-electron chi connectivity index (χ2n) is 5.44. The van der Waals surface area contributed by atoms with Crippen LogP contribution in [0.2, 0.25) is 5.02 Å². The molecule has 0 saturated heterocycles. The summed E-state index contributed by atoms with van der Waals surface area (Å²) in [6.07, 6.45) is 0. The van der Waals surface area contributed by atoms with Crippen LogP contribution in [0.1, 0.15) is 18.3 Å². The number of hydrogen-bond acceptors (Lipinski definition) is 4. The summed E-state index contributed by atoms with van der Waals surface area (Å²) in [5.41, 5.74) is 1.81. The van der Waals surface area contributed by atoms with Gasteiger partial charge in [0.05, 0.1) is 12.4 Å². The van der Waals surface area contributed by atoms with Gasteiger partial charge in [-0.2, -0.15) is 5.10 Å². The first-order chi connectivity index (χ1) is 12.6. The lowest BCUT2D eigenvalue weighted by atomic mass is 10.2. The molecule has 0 aliphatic heterocycles. The van der Waals surface area contributed by atoms with Crippen molar-refractivity contribution in [3.63, 3.8) is 0 Å². The molecule has 3 rings (SSSR count). The topological polar surface area (TPSA) is 42.8 Å². The second-order valence-corrected chi connectivity index (χ2v) is 7.22. The summed E-state index contributed by atoms with van der Waals surface area (Å²) < 4.78 is 21.0. The van der Waals surface area contributed by atoms with Crippen LogP contribution in [-0.4, -0.2) is 21.4 Å². The second kappa shape index (κ2) is 8.70. The van der Waals surface area contributed by atoms with Crippen molar-refractivity contribution in [1.29, 1.82) is 0 Å². The van der Waals surface area contributed by atoms with E-state index in [4.69, 9.17) is 28.6 Å². The largest absolute Gasteiger partial charge is 0.494 e. The average Bonchev–Trinajstić information content (AvgIpc) is 2.98. The van der Waals surface area contributed by atoms with Crippen LogP contribution in [0.25, 0.3) is 5.69 Å². The number of hydrogen-bond donors (Lipinski definition) is 1. The number of benzene rings is 2. The Hall–Kier alpha value is -1.83. The number of aromatic amines is 1. The Kier molecular flexibility index (Phi) is 6.34. The number of nitrogens with zero attached hydrogens (tertiary/aromatic N) is 2. The van der Waals surface area contributed by atoms with Gasteiger partial charge >= 0.3 is 0 Å². The molecule has 4 nitrogen and oxygen atoms in total. The van der Waals surface area contributed by atoms with Crippen molar-refractivity contribution in [1.82, 2.24) is 14.8 Å². The predicted molar refractivity (Wildman–Crippen MR) is 106 cm³/mol. The Morgan fingerprint density at radius 1 is 1.23 bits per heavy atom. The fourth-order valence-corrected chi connectivity index (χ4v) is 3.96. The Morgan fingerprint density at radius 3 is 2.69 bits per heavy atom. The van der Waals surface area contributed by atoms with Crippen molar-refractivity contribution >= 4 is 35.6 Å². The molecule has 0 fully saturated rings. The van der Waals surface area contributed by atoms with Gasteiger partial charge in [0.25, 0.3) is 0 Å². The molecule has 1 aromatic heterocycles. The molecule has 0 bridgehead atoms. The molecule has 2 aromatic carbocycles. The van der Waals surface area contributed by atoms with Gasteiger partial charge in [-0.3, -0.25) is 9.67 Å². The maximum atomic E-state index is 13.1. The maximum absolute atomic E-state index is 13.1. The minimum absolute atomic E-state index is 0.333. The van der Waals surface area contributed by atoms with Crippen LogP contribution in [0.5, 0.6) is 5.75 Å². The molecule has 3 aromatic rings. The number of H-pyrrole nitrogens is 1. The SMILES string of the molecule is CCOc1ccc(-n2c(CSCc3ccc(F)cc3Cl)n[nH]c2=S)cc1. The third kappa shape index (κ3) is 4.47. The molecule has 136 valence electrons. The van der Waals surface area contributed by atoms with E-state index in [0.29, 0.717) is 27.9 Å². The molecule has 26 heavy (non-hydrogen) atoms. The normalized spacial score (nSPS) is 10.9. The van der Waals surface area contributed by atoms with Gasteiger partial charge in [0.15, 0.2) is 4.77 Å². The fourth-order valence-electron chi connectivity index (χ4n) is 2.44. The van der Waals surface area contributed by atoms with Crippen LogP contribution >= 0.6 is 35.6 Å². The van der Waals surface area contributed by atoms with E-state index in [0.717, 1.165) is 22.8 Å². The number of halogens is 2. The molecule has 0 aliphatic carbocycles. The lowest BCUT2D eigenvalue weighted by Gasteiger charge is -2.09. The Morgan fingerprint density at radius 2 is 2.00 bits per heavy atom. The van der Waals surface area contributed by atoms with Gasteiger partial charge in [-0.25, -0.2) is 4.39 Å². The van der Waals surface area contributed by atoms with Crippen LogP contribution in [-0.2, 0) is 11.5 Å². The summed E-state index contributed by atoms with van der Waals surface area (Å²) >= 11 is 13.1. The van der Waals surface area contributed by atoms with Crippen molar-refractivity contribution in [2.45, 2.75) is 18.4 Å². The number of ether oxygens (including phenoxy) is 1. The molecule has 0 aliphatic rings. The summed E-state index contributed by atoms with van der Waals surface area (Å²) in [6, 6.07) is 12.1. The molecule has 1 heterocycles.